The van der Waals surface area contributed by atoms with Crippen LogP contribution in [0.3, 0.4) is 0 Å². The lowest BCUT2D eigenvalue weighted by Gasteiger charge is -2.40. The first kappa shape index (κ1) is 59.3. The van der Waals surface area contributed by atoms with Crippen molar-refractivity contribution >= 4 is 62.8 Å². The lowest BCUT2D eigenvalue weighted by molar-refractivity contribution is -0.183. The minimum Gasteiger partial charge on any atom is -0.497 e. The molecule has 26 heteroatoms. The second-order valence-corrected chi connectivity index (χ2v) is 28.5. The van der Waals surface area contributed by atoms with Gasteiger partial charge < -0.3 is 52.1 Å². The number of nitrogens with one attached hydrogen (secondary N) is 3. The molecule has 4 N–H and O–H groups in total. The molecule has 2 amide bonds. The molecule has 8 aromatic rings. The number of methoxy groups -OCH3 is 2. The lowest BCUT2D eigenvalue weighted by Crippen LogP contribution is -2.53. The fourth-order valence-electron chi connectivity index (χ4n) is 10.5. The standard InChI is InChI=1S/C59H66FN10O13PSi/c1-34(2)51(71)67-56-66-50-44(53(73)68-56)64-33-70(50)54-45(42(60)41(80-54)28-78-59(36-18-14-11-15-19-36,37-20-24-39(75-6)25-21-37)38-22-26-40(76-7)27-23-38)82-84(74)79-30-58-29-77-46(47(58)83-85(8,9)57(3,4)5)55(81-58)69-32-63-43-48(61-31-62-49(43)69)65-52(72)35-16-12-10-13-17-35/h10-27,31-34,41-42,45-47,54-55,74H,28-30H2,1-9H3,(H,61,62,65,72)(H2,66,67,68,71,73)/t41-,42+,45-,46-,47+,54-,55-,58-,84?/m1/s1. The second-order valence-electron chi connectivity index (χ2n) is 22.8. The number of hydrogen-bond acceptors (Lipinski definition) is 18. The van der Waals surface area contributed by atoms with Crippen LogP contribution in [-0.4, -0.2) is 134 Å². The monoisotopic (exact) mass is 1200 g/mol. The van der Waals surface area contributed by atoms with Crippen LogP contribution in [0.2, 0.25) is 18.1 Å². The van der Waals surface area contributed by atoms with E-state index in [2.05, 4.69) is 74.4 Å². The number of hydrogen-bond donors (Lipinski definition) is 4. The Kier molecular flexibility index (Phi) is 16.6. The highest BCUT2D eigenvalue weighted by atomic mass is 31.2. The molecule has 7 heterocycles. The molecular formula is C59H66FN10O13PSi. The zero-order valence-corrected chi connectivity index (χ0v) is 50.1. The predicted molar refractivity (Wildman–Crippen MR) is 313 cm³/mol. The van der Waals surface area contributed by atoms with Gasteiger partial charge in [0.1, 0.15) is 53.4 Å². The van der Waals surface area contributed by atoms with E-state index >= 15 is 4.39 Å². The second kappa shape index (κ2) is 23.8. The first-order valence-corrected chi connectivity index (χ1v) is 31.6. The molecule has 0 saturated carbocycles. The minimum atomic E-state index is -3.02. The fraction of sp³-hybridized carbons (Fsp3) is 0.390. The Balaban J connectivity index is 0.917. The summed E-state index contributed by atoms with van der Waals surface area (Å²) in [6.45, 7) is 13.1. The highest BCUT2D eigenvalue weighted by molar-refractivity contribution is 7.40. The summed E-state index contributed by atoms with van der Waals surface area (Å²) in [5, 5.41) is 5.19. The number of carbonyl (C=O) groups excluding carboxylic acids is 2. The smallest absolute Gasteiger partial charge is 0.330 e. The third-order valence-corrected chi connectivity index (χ3v) is 21.3. The zero-order valence-electron chi connectivity index (χ0n) is 48.2. The third kappa shape index (κ3) is 11.4. The molecule has 3 saturated heterocycles. The number of rotatable bonds is 21. The Bertz CT molecular complexity index is 3700. The van der Waals surface area contributed by atoms with E-state index in [1.165, 1.54) is 23.5 Å². The van der Waals surface area contributed by atoms with E-state index in [9.17, 15) is 19.3 Å². The molecular weight excluding hydrogens is 1130 g/mol. The van der Waals surface area contributed by atoms with Crippen LogP contribution in [0.1, 0.15) is 74.1 Å². The van der Waals surface area contributed by atoms with Gasteiger partial charge in [0.2, 0.25) is 11.9 Å². The van der Waals surface area contributed by atoms with Crippen molar-refractivity contribution in [3.63, 3.8) is 0 Å². The molecule has 0 radical (unpaired) electrons. The number of aromatic amines is 1. The van der Waals surface area contributed by atoms with E-state index < -0.39 is 95.2 Å². The topological polar surface area (TPSA) is 269 Å². The maximum absolute atomic E-state index is 18.0. The van der Waals surface area contributed by atoms with Gasteiger partial charge in [0.25, 0.3) is 11.5 Å². The summed E-state index contributed by atoms with van der Waals surface area (Å²) < 4.78 is 79.1. The number of anilines is 2. The SMILES string of the molecule is COc1ccc(C(OC[C@H]2O[C@@H](n3cnc4c(=O)[nH]c(NC(=O)C(C)C)nc43)[C@H](OP(O)OC[C@@]34CO[C@@H]([C@H](n5cnc6c(NC(=O)c7ccccc7)ncnc65)O3)[C@@H]4O[Si](C)(C)C(C)(C)C)[C@H]2F)(c2ccccc2)c2ccc(OC)cc2)cc1. The predicted octanol–water partition coefficient (Wildman–Crippen LogP) is 8.75. The number of aromatic nitrogens is 8. The number of fused-ring (bicyclic) bond motifs is 4. The Hall–Kier alpha value is -7.42. The number of benzene rings is 4. The number of H-pyrrole nitrogens is 1. The Labute approximate surface area is 490 Å². The van der Waals surface area contributed by atoms with Gasteiger partial charge in [-0.3, -0.25) is 33.8 Å². The van der Waals surface area contributed by atoms with Crippen molar-refractivity contribution in [3.8, 4) is 11.5 Å². The van der Waals surface area contributed by atoms with Crippen LogP contribution in [0.25, 0.3) is 22.3 Å². The van der Waals surface area contributed by atoms with Crippen molar-refractivity contribution in [3.05, 3.63) is 161 Å². The van der Waals surface area contributed by atoms with Crippen LogP contribution in [-0.2, 0) is 42.8 Å². The number of carbonyl (C=O) groups is 2. The van der Waals surface area contributed by atoms with Crippen LogP contribution in [0, 0.1) is 5.92 Å². The number of ether oxygens (including phenoxy) is 6. The van der Waals surface area contributed by atoms with Gasteiger partial charge in [-0.15, -0.1) is 0 Å². The molecule has 0 aliphatic carbocycles. The van der Waals surface area contributed by atoms with Crippen LogP contribution >= 0.6 is 8.60 Å². The van der Waals surface area contributed by atoms with Crippen molar-refractivity contribution < 1.29 is 60.8 Å². The molecule has 3 aliphatic rings. The zero-order chi connectivity index (χ0) is 60.0. The summed E-state index contributed by atoms with van der Waals surface area (Å²) in [6.07, 6.45) is -5.00. The summed E-state index contributed by atoms with van der Waals surface area (Å²) in [5.41, 5.74) is -0.604. The molecule has 446 valence electrons. The minimum absolute atomic E-state index is 0.0284. The average Bonchev–Trinajstić information content (AvgIpc) is 1.71. The van der Waals surface area contributed by atoms with Crippen LogP contribution < -0.4 is 25.7 Å². The highest BCUT2D eigenvalue weighted by Crippen LogP contribution is 2.53. The fourth-order valence-corrected chi connectivity index (χ4v) is 12.6. The molecule has 0 spiro atoms. The molecule has 23 nitrogen and oxygen atoms in total. The van der Waals surface area contributed by atoms with Crippen molar-refractivity contribution in [2.45, 2.75) is 107 Å². The van der Waals surface area contributed by atoms with Gasteiger partial charge in [-0.25, -0.2) is 24.3 Å². The van der Waals surface area contributed by atoms with Crippen molar-refractivity contribution in [2.75, 3.05) is 44.7 Å². The van der Waals surface area contributed by atoms with Crippen molar-refractivity contribution in [1.82, 2.24) is 39.0 Å². The molecule has 3 fully saturated rings. The molecule has 85 heavy (non-hydrogen) atoms. The summed E-state index contributed by atoms with van der Waals surface area (Å²) in [6, 6.07) is 32.8. The molecule has 3 aliphatic heterocycles. The maximum atomic E-state index is 18.0. The number of alkyl halides is 1. The quantitative estimate of drug-likeness (QED) is 0.0297. The normalized spacial score (nSPS) is 22.8. The third-order valence-electron chi connectivity index (χ3n) is 16.1. The van der Waals surface area contributed by atoms with E-state index in [1.54, 1.807) is 81.2 Å². The number of amides is 2. The van der Waals surface area contributed by atoms with Gasteiger partial charge in [0.15, 0.2) is 55.1 Å². The van der Waals surface area contributed by atoms with Crippen molar-refractivity contribution in [1.29, 1.82) is 0 Å². The van der Waals surface area contributed by atoms with E-state index in [-0.39, 0.29) is 47.1 Å². The summed E-state index contributed by atoms with van der Waals surface area (Å²) in [4.78, 5) is 76.7. The maximum Gasteiger partial charge on any atom is 0.330 e. The van der Waals surface area contributed by atoms with Gasteiger partial charge in [0.05, 0.1) is 46.7 Å². The molecule has 2 bridgehead atoms. The van der Waals surface area contributed by atoms with E-state index in [1.807, 2.05) is 60.7 Å². The average molecular weight is 1200 g/mol. The summed E-state index contributed by atoms with van der Waals surface area (Å²) in [7, 11) is -2.51. The van der Waals surface area contributed by atoms with Gasteiger partial charge >= 0.3 is 8.60 Å². The van der Waals surface area contributed by atoms with Crippen molar-refractivity contribution in [2.24, 2.45) is 5.92 Å². The van der Waals surface area contributed by atoms with Crippen LogP contribution in [0.4, 0.5) is 16.2 Å². The molecule has 4 aromatic heterocycles. The number of halogens is 1. The number of imidazole rings is 2. The Morgan fingerprint density at radius 1 is 0.835 bits per heavy atom. The molecule has 1 unspecified atom stereocenters. The first-order chi connectivity index (χ1) is 40.7. The molecule has 9 atom stereocenters. The Morgan fingerprint density at radius 3 is 2.07 bits per heavy atom. The van der Waals surface area contributed by atoms with E-state index in [0.29, 0.717) is 44.9 Å². The lowest BCUT2D eigenvalue weighted by atomic mass is 9.80. The summed E-state index contributed by atoms with van der Waals surface area (Å²) >= 11 is 0. The van der Waals surface area contributed by atoms with Crippen LogP contribution in [0.15, 0.2) is 133 Å². The van der Waals surface area contributed by atoms with E-state index in [0.717, 1.165) is 0 Å². The first-order valence-electron chi connectivity index (χ1n) is 27.6. The highest BCUT2D eigenvalue weighted by Gasteiger charge is 2.65. The van der Waals surface area contributed by atoms with Gasteiger partial charge in [0, 0.05) is 11.5 Å². The van der Waals surface area contributed by atoms with Crippen LogP contribution in [0.5, 0.6) is 11.5 Å². The number of nitrogens with zero attached hydrogens (tertiary/aromatic N) is 7. The van der Waals surface area contributed by atoms with Gasteiger partial charge in [-0.2, -0.15) is 4.98 Å². The molecule has 4 aromatic carbocycles. The largest absolute Gasteiger partial charge is 0.497 e. The van der Waals surface area contributed by atoms with Gasteiger partial charge in [-0.05, 0) is 71.2 Å². The van der Waals surface area contributed by atoms with Gasteiger partial charge in [-0.1, -0.05) is 107 Å². The summed E-state index contributed by atoms with van der Waals surface area (Å²) in [5.74, 6) is -0.0880. The molecule has 11 rings (SSSR count). The Morgan fingerprint density at radius 2 is 1.45 bits per heavy atom. The van der Waals surface area contributed by atoms with E-state index in [4.69, 9.17) is 41.9 Å².